The topological polar surface area (TPSA) is 95.9 Å². The van der Waals surface area contributed by atoms with E-state index in [4.69, 9.17) is 9.84 Å². The predicted octanol–water partition coefficient (Wildman–Crippen LogP) is 0.618. The van der Waals surface area contributed by atoms with Crippen LogP contribution in [0.1, 0.15) is 22.3 Å². The highest BCUT2D eigenvalue weighted by molar-refractivity contribution is 7.90. The molecule has 0 bridgehead atoms. The predicted molar refractivity (Wildman–Crippen MR) is 77.9 cm³/mol. The molecule has 0 amide bonds. The number of carboxylic acids is 1. The van der Waals surface area contributed by atoms with E-state index >= 15 is 0 Å². The van der Waals surface area contributed by atoms with Crippen LogP contribution in [0.5, 0.6) is 0 Å². The fourth-order valence-electron chi connectivity index (χ4n) is 2.30. The number of nitrogens with one attached hydrogen (secondary N) is 1. The molecule has 0 aliphatic carbocycles. The van der Waals surface area contributed by atoms with Crippen molar-refractivity contribution < 1.29 is 23.1 Å². The molecule has 2 rings (SSSR count). The number of ether oxygens (including phenoxy) is 1. The molecular formula is C13H18N2O5S. The van der Waals surface area contributed by atoms with Crippen LogP contribution in [0.15, 0.2) is 18.2 Å². The van der Waals surface area contributed by atoms with Crippen molar-refractivity contribution in [3.63, 3.8) is 0 Å². The van der Waals surface area contributed by atoms with Gasteiger partial charge in [-0.3, -0.25) is 4.31 Å². The van der Waals surface area contributed by atoms with Crippen LogP contribution in [0.2, 0.25) is 0 Å². The summed E-state index contributed by atoms with van der Waals surface area (Å²) < 4.78 is 33.1. The van der Waals surface area contributed by atoms with Gasteiger partial charge in [0.25, 0.3) is 0 Å². The van der Waals surface area contributed by atoms with E-state index in [1.807, 2.05) is 0 Å². The zero-order valence-corrected chi connectivity index (χ0v) is 12.5. The average molecular weight is 314 g/mol. The highest BCUT2D eigenvalue weighted by atomic mass is 32.2. The number of nitrogens with zero attached hydrogens (tertiary/aromatic N) is 1. The summed E-state index contributed by atoms with van der Waals surface area (Å²) in [5.74, 6) is -1.02. The van der Waals surface area contributed by atoms with E-state index in [1.165, 1.54) is 23.5 Å². The van der Waals surface area contributed by atoms with Crippen molar-refractivity contribution in [1.82, 2.24) is 4.72 Å². The second-order valence-corrected chi connectivity index (χ2v) is 6.40. The summed E-state index contributed by atoms with van der Waals surface area (Å²) in [7, 11) is -2.15. The van der Waals surface area contributed by atoms with Crippen LogP contribution in [0.25, 0.3) is 0 Å². The number of methoxy groups -OCH3 is 1. The van der Waals surface area contributed by atoms with Crippen LogP contribution in [0.3, 0.4) is 0 Å². The normalized spacial score (nSPS) is 14.8. The van der Waals surface area contributed by atoms with Crippen LogP contribution in [0, 0.1) is 0 Å². The molecular weight excluding hydrogens is 296 g/mol. The summed E-state index contributed by atoms with van der Waals surface area (Å²) in [5, 5.41) is 9.00. The minimum absolute atomic E-state index is 0.167. The Hall–Kier alpha value is -1.64. The summed E-state index contributed by atoms with van der Waals surface area (Å²) in [6, 6.07) is 4.51. The third kappa shape index (κ3) is 3.52. The summed E-state index contributed by atoms with van der Waals surface area (Å²) in [5.41, 5.74) is 1.44. The molecule has 1 heterocycles. The standard InChI is InChI=1S/C13H18N2O5S/c1-20-8-6-14-21(18,19)15-7-2-3-10-9-11(13(16)17)4-5-12(10)15/h4-5,9,14H,2-3,6-8H2,1H3,(H,16,17). The first-order chi connectivity index (χ1) is 9.95. The van der Waals surface area contributed by atoms with Crippen LogP contribution in [-0.4, -0.2) is 46.3 Å². The number of aryl methyl sites for hydroxylation is 1. The van der Waals surface area contributed by atoms with Crippen molar-refractivity contribution in [1.29, 1.82) is 0 Å². The fourth-order valence-corrected chi connectivity index (χ4v) is 3.60. The number of hydrogen-bond acceptors (Lipinski definition) is 4. The lowest BCUT2D eigenvalue weighted by Gasteiger charge is -2.30. The molecule has 0 spiro atoms. The molecule has 0 aromatic heterocycles. The van der Waals surface area contributed by atoms with Gasteiger partial charge in [-0.1, -0.05) is 0 Å². The zero-order valence-electron chi connectivity index (χ0n) is 11.7. The van der Waals surface area contributed by atoms with Crippen molar-refractivity contribution in [3.8, 4) is 0 Å². The van der Waals surface area contributed by atoms with E-state index in [2.05, 4.69) is 4.72 Å². The number of carbonyl (C=O) groups is 1. The maximum absolute atomic E-state index is 12.3. The van der Waals surface area contributed by atoms with Gasteiger partial charge in [-0.05, 0) is 36.6 Å². The molecule has 1 aliphatic heterocycles. The van der Waals surface area contributed by atoms with Crippen molar-refractivity contribution in [2.24, 2.45) is 0 Å². The molecule has 0 unspecified atom stereocenters. The lowest BCUT2D eigenvalue weighted by molar-refractivity contribution is 0.0696. The van der Waals surface area contributed by atoms with Gasteiger partial charge in [0.15, 0.2) is 0 Å². The van der Waals surface area contributed by atoms with Crippen LogP contribution < -0.4 is 9.03 Å². The first kappa shape index (κ1) is 15.7. The van der Waals surface area contributed by atoms with Crippen LogP contribution in [0.4, 0.5) is 5.69 Å². The molecule has 8 heteroatoms. The van der Waals surface area contributed by atoms with E-state index in [0.717, 1.165) is 5.56 Å². The maximum atomic E-state index is 12.3. The van der Waals surface area contributed by atoms with Gasteiger partial charge in [-0.25, -0.2) is 4.79 Å². The van der Waals surface area contributed by atoms with Crippen molar-refractivity contribution in [2.75, 3.05) is 31.1 Å². The Morgan fingerprint density at radius 2 is 2.24 bits per heavy atom. The lowest BCUT2D eigenvalue weighted by atomic mass is 10.0. The Labute approximate surface area is 123 Å². The van der Waals surface area contributed by atoms with Gasteiger partial charge in [0, 0.05) is 20.2 Å². The summed E-state index contributed by atoms with van der Waals surface area (Å²) in [6.07, 6.45) is 1.32. The number of hydrogen-bond donors (Lipinski definition) is 2. The van der Waals surface area contributed by atoms with Crippen molar-refractivity contribution in [3.05, 3.63) is 29.3 Å². The monoisotopic (exact) mass is 314 g/mol. The van der Waals surface area contributed by atoms with Crippen LogP contribution in [-0.2, 0) is 21.4 Å². The van der Waals surface area contributed by atoms with Gasteiger partial charge < -0.3 is 9.84 Å². The smallest absolute Gasteiger partial charge is 0.335 e. The maximum Gasteiger partial charge on any atom is 0.335 e. The van der Waals surface area contributed by atoms with Gasteiger partial charge in [-0.15, -0.1) is 0 Å². The molecule has 0 radical (unpaired) electrons. The number of rotatable bonds is 6. The number of benzene rings is 1. The Morgan fingerprint density at radius 1 is 1.48 bits per heavy atom. The van der Waals surface area contributed by atoms with E-state index in [0.29, 0.717) is 25.1 Å². The molecule has 0 saturated heterocycles. The molecule has 116 valence electrons. The van der Waals surface area contributed by atoms with Gasteiger partial charge in [0.05, 0.1) is 17.9 Å². The van der Waals surface area contributed by atoms with Crippen molar-refractivity contribution >= 4 is 21.9 Å². The van der Waals surface area contributed by atoms with Crippen molar-refractivity contribution in [2.45, 2.75) is 12.8 Å². The van der Waals surface area contributed by atoms with E-state index in [9.17, 15) is 13.2 Å². The van der Waals surface area contributed by atoms with E-state index in [-0.39, 0.29) is 18.7 Å². The molecule has 1 aromatic carbocycles. The number of anilines is 1. The van der Waals surface area contributed by atoms with Gasteiger partial charge in [0.1, 0.15) is 0 Å². The molecule has 1 aliphatic rings. The third-order valence-electron chi connectivity index (χ3n) is 3.28. The second kappa shape index (κ2) is 6.42. The highest BCUT2D eigenvalue weighted by Crippen LogP contribution is 2.29. The van der Waals surface area contributed by atoms with E-state index in [1.54, 1.807) is 6.07 Å². The van der Waals surface area contributed by atoms with E-state index < -0.39 is 16.2 Å². The van der Waals surface area contributed by atoms with Gasteiger partial charge in [-0.2, -0.15) is 13.1 Å². The first-order valence-electron chi connectivity index (χ1n) is 6.58. The molecule has 0 atom stereocenters. The minimum Gasteiger partial charge on any atom is -0.478 e. The molecule has 7 nitrogen and oxygen atoms in total. The minimum atomic E-state index is -3.65. The molecule has 0 fully saturated rings. The molecule has 21 heavy (non-hydrogen) atoms. The summed E-state index contributed by atoms with van der Waals surface area (Å²) in [4.78, 5) is 11.0. The molecule has 0 saturated carbocycles. The molecule has 2 N–H and O–H groups in total. The average Bonchev–Trinajstić information content (AvgIpc) is 2.46. The van der Waals surface area contributed by atoms with Gasteiger partial charge >= 0.3 is 16.2 Å². The zero-order chi connectivity index (χ0) is 15.5. The van der Waals surface area contributed by atoms with Crippen LogP contribution >= 0.6 is 0 Å². The summed E-state index contributed by atoms with van der Waals surface area (Å²) in [6.45, 7) is 0.859. The largest absolute Gasteiger partial charge is 0.478 e. The number of aromatic carboxylic acids is 1. The second-order valence-electron chi connectivity index (χ2n) is 4.72. The van der Waals surface area contributed by atoms with Gasteiger partial charge in [0.2, 0.25) is 0 Å². The quantitative estimate of drug-likeness (QED) is 0.750. The number of fused-ring (bicyclic) bond motifs is 1. The highest BCUT2D eigenvalue weighted by Gasteiger charge is 2.27. The summed E-state index contributed by atoms with van der Waals surface area (Å²) >= 11 is 0. The Morgan fingerprint density at radius 3 is 2.90 bits per heavy atom. The lowest BCUT2D eigenvalue weighted by Crippen LogP contribution is -2.44. The Bertz CT molecular complexity index is 629. The number of carboxylic acid groups (broad SMARTS) is 1. The molecule has 1 aromatic rings. The Balaban J connectivity index is 2.27. The fraction of sp³-hybridized carbons (Fsp3) is 0.462. The third-order valence-corrected chi connectivity index (χ3v) is 4.81. The first-order valence-corrected chi connectivity index (χ1v) is 8.02. The Kier molecular flexibility index (Phi) is 4.81. The SMILES string of the molecule is COCCNS(=O)(=O)N1CCCc2cc(C(=O)O)ccc21.